The summed E-state index contributed by atoms with van der Waals surface area (Å²) in [6.07, 6.45) is -3.47. The van der Waals surface area contributed by atoms with Crippen molar-refractivity contribution in [1.29, 1.82) is 0 Å². The number of carbonyl (C=O) groups is 2. The SMILES string of the molecule is CC(=O)c1cccc(C(O)C(O)CCNC(=O)OC(C)(C)C)c1F. The van der Waals surface area contributed by atoms with Gasteiger partial charge in [-0.3, -0.25) is 4.79 Å². The van der Waals surface area contributed by atoms with Crippen LogP contribution in [0.5, 0.6) is 0 Å². The van der Waals surface area contributed by atoms with Gasteiger partial charge in [-0.05, 0) is 40.2 Å². The third kappa shape index (κ3) is 5.90. The number of amides is 1. The fourth-order valence-corrected chi connectivity index (χ4v) is 2.05. The van der Waals surface area contributed by atoms with Crippen molar-refractivity contribution in [2.75, 3.05) is 6.54 Å². The molecular formula is C17H24FNO5. The number of hydrogen-bond donors (Lipinski definition) is 3. The number of rotatable bonds is 6. The summed E-state index contributed by atoms with van der Waals surface area (Å²) in [5.74, 6) is -1.32. The molecule has 1 aromatic rings. The topological polar surface area (TPSA) is 95.9 Å². The van der Waals surface area contributed by atoms with E-state index in [-0.39, 0.29) is 24.1 Å². The van der Waals surface area contributed by atoms with Crippen molar-refractivity contribution in [2.24, 2.45) is 0 Å². The summed E-state index contributed by atoms with van der Waals surface area (Å²) in [5, 5.41) is 22.5. The Hall–Kier alpha value is -1.99. The van der Waals surface area contributed by atoms with Gasteiger partial charge in [-0.1, -0.05) is 12.1 Å². The van der Waals surface area contributed by atoms with E-state index < -0.39 is 35.5 Å². The van der Waals surface area contributed by atoms with Crippen LogP contribution in [0, 0.1) is 5.82 Å². The lowest BCUT2D eigenvalue weighted by Gasteiger charge is -2.21. The molecule has 0 heterocycles. The summed E-state index contributed by atoms with van der Waals surface area (Å²) < 4.78 is 19.2. The lowest BCUT2D eigenvalue weighted by atomic mass is 9.98. The average Bonchev–Trinajstić information content (AvgIpc) is 2.44. The fraction of sp³-hybridized carbons (Fsp3) is 0.529. The molecule has 1 rings (SSSR count). The Bertz CT molecular complexity index is 597. The minimum absolute atomic E-state index is 0.00977. The summed E-state index contributed by atoms with van der Waals surface area (Å²) in [6, 6.07) is 4.05. The lowest BCUT2D eigenvalue weighted by molar-refractivity contribution is 0.0103. The highest BCUT2D eigenvalue weighted by molar-refractivity contribution is 5.94. The number of aliphatic hydroxyl groups excluding tert-OH is 2. The molecule has 0 aliphatic heterocycles. The van der Waals surface area contributed by atoms with E-state index in [1.807, 2.05) is 0 Å². The second kappa shape index (κ2) is 8.21. The van der Waals surface area contributed by atoms with Crippen LogP contribution in [0.4, 0.5) is 9.18 Å². The minimum atomic E-state index is -1.51. The summed E-state index contributed by atoms with van der Waals surface area (Å²) in [4.78, 5) is 22.8. The molecule has 0 saturated carbocycles. The zero-order chi connectivity index (χ0) is 18.5. The molecule has 3 N–H and O–H groups in total. The maximum Gasteiger partial charge on any atom is 0.407 e. The molecule has 0 saturated heterocycles. The molecule has 0 bridgehead atoms. The average molecular weight is 341 g/mol. The highest BCUT2D eigenvalue weighted by Crippen LogP contribution is 2.24. The third-order valence-corrected chi connectivity index (χ3v) is 3.20. The van der Waals surface area contributed by atoms with E-state index in [1.54, 1.807) is 20.8 Å². The van der Waals surface area contributed by atoms with Gasteiger partial charge in [0.2, 0.25) is 0 Å². The monoisotopic (exact) mass is 341 g/mol. The van der Waals surface area contributed by atoms with Crippen molar-refractivity contribution < 1.29 is 28.9 Å². The molecule has 0 aromatic heterocycles. The van der Waals surface area contributed by atoms with Gasteiger partial charge in [0.15, 0.2) is 5.78 Å². The Kier molecular flexibility index (Phi) is 6.86. The van der Waals surface area contributed by atoms with Crippen molar-refractivity contribution in [1.82, 2.24) is 5.32 Å². The molecular weight excluding hydrogens is 317 g/mol. The van der Waals surface area contributed by atoms with E-state index in [1.165, 1.54) is 25.1 Å². The Morgan fingerprint density at radius 2 is 1.92 bits per heavy atom. The molecule has 1 amide bonds. The van der Waals surface area contributed by atoms with Crippen LogP contribution in [-0.4, -0.2) is 40.3 Å². The summed E-state index contributed by atoms with van der Waals surface area (Å²) in [5.41, 5.74) is -0.948. The molecule has 24 heavy (non-hydrogen) atoms. The number of Topliss-reactive ketones (excluding diaryl/α,β-unsaturated/α-hetero) is 1. The molecule has 0 aliphatic rings. The molecule has 1 aromatic carbocycles. The number of aliphatic hydroxyl groups is 2. The van der Waals surface area contributed by atoms with Crippen molar-refractivity contribution in [3.8, 4) is 0 Å². The fourth-order valence-electron chi connectivity index (χ4n) is 2.05. The Labute approximate surface area is 140 Å². The first-order valence-corrected chi connectivity index (χ1v) is 7.65. The number of carbonyl (C=O) groups excluding carboxylic acids is 2. The van der Waals surface area contributed by atoms with E-state index in [0.717, 1.165) is 0 Å². The van der Waals surface area contributed by atoms with Crippen molar-refractivity contribution in [3.63, 3.8) is 0 Å². The molecule has 0 aliphatic carbocycles. The third-order valence-electron chi connectivity index (χ3n) is 3.20. The predicted molar refractivity (Wildman–Crippen MR) is 86.2 cm³/mol. The van der Waals surface area contributed by atoms with Gasteiger partial charge >= 0.3 is 6.09 Å². The van der Waals surface area contributed by atoms with Crippen molar-refractivity contribution in [3.05, 3.63) is 35.1 Å². The molecule has 0 spiro atoms. The van der Waals surface area contributed by atoms with E-state index in [0.29, 0.717) is 0 Å². The summed E-state index contributed by atoms with van der Waals surface area (Å²) >= 11 is 0. The predicted octanol–water partition coefficient (Wildman–Crippen LogP) is 2.34. The van der Waals surface area contributed by atoms with Crippen LogP contribution in [0.2, 0.25) is 0 Å². The van der Waals surface area contributed by atoms with Crippen LogP contribution in [-0.2, 0) is 4.74 Å². The number of halogens is 1. The first-order valence-electron chi connectivity index (χ1n) is 7.65. The number of nitrogens with one attached hydrogen (secondary N) is 1. The number of benzene rings is 1. The second-order valence-corrected chi connectivity index (χ2v) is 6.49. The zero-order valence-electron chi connectivity index (χ0n) is 14.3. The lowest BCUT2D eigenvalue weighted by Crippen LogP contribution is -2.34. The van der Waals surface area contributed by atoms with Crippen LogP contribution in [0.3, 0.4) is 0 Å². The molecule has 0 fully saturated rings. The van der Waals surface area contributed by atoms with E-state index >= 15 is 0 Å². The van der Waals surface area contributed by atoms with Gasteiger partial charge in [0, 0.05) is 12.1 Å². The quantitative estimate of drug-likeness (QED) is 0.690. The van der Waals surface area contributed by atoms with Gasteiger partial charge in [0.25, 0.3) is 0 Å². The molecule has 134 valence electrons. The van der Waals surface area contributed by atoms with Crippen LogP contribution in [0.15, 0.2) is 18.2 Å². The maximum absolute atomic E-state index is 14.2. The highest BCUT2D eigenvalue weighted by atomic mass is 19.1. The smallest absolute Gasteiger partial charge is 0.407 e. The van der Waals surface area contributed by atoms with E-state index in [9.17, 15) is 24.2 Å². The maximum atomic E-state index is 14.2. The summed E-state index contributed by atoms with van der Waals surface area (Å²) in [6.45, 7) is 6.42. The van der Waals surface area contributed by atoms with Crippen molar-refractivity contribution >= 4 is 11.9 Å². The minimum Gasteiger partial charge on any atom is -0.444 e. The Balaban J connectivity index is 2.63. The number of ketones is 1. The normalized spacial score (nSPS) is 14.0. The van der Waals surface area contributed by atoms with Crippen LogP contribution < -0.4 is 5.32 Å². The number of ether oxygens (including phenoxy) is 1. The van der Waals surface area contributed by atoms with Crippen LogP contribution in [0.25, 0.3) is 0 Å². The van der Waals surface area contributed by atoms with Gasteiger partial charge in [0.05, 0.1) is 11.7 Å². The highest BCUT2D eigenvalue weighted by Gasteiger charge is 2.24. The molecule has 2 atom stereocenters. The van der Waals surface area contributed by atoms with Crippen LogP contribution in [0.1, 0.15) is 56.1 Å². The van der Waals surface area contributed by atoms with Crippen LogP contribution >= 0.6 is 0 Å². The Morgan fingerprint density at radius 1 is 1.29 bits per heavy atom. The summed E-state index contributed by atoms with van der Waals surface area (Å²) in [7, 11) is 0. The van der Waals surface area contributed by atoms with Crippen molar-refractivity contribution in [2.45, 2.75) is 51.9 Å². The van der Waals surface area contributed by atoms with Gasteiger partial charge in [0.1, 0.15) is 17.5 Å². The Morgan fingerprint density at radius 3 is 2.46 bits per heavy atom. The largest absolute Gasteiger partial charge is 0.444 e. The number of hydrogen-bond acceptors (Lipinski definition) is 5. The van der Waals surface area contributed by atoms with Gasteiger partial charge in [-0.2, -0.15) is 0 Å². The molecule has 7 heteroatoms. The molecule has 6 nitrogen and oxygen atoms in total. The first kappa shape index (κ1) is 20.1. The second-order valence-electron chi connectivity index (χ2n) is 6.49. The zero-order valence-corrected chi connectivity index (χ0v) is 14.3. The van der Waals surface area contributed by atoms with E-state index in [2.05, 4.69) is 5.32 Å². The first-order chi connectivity index (χ1) is 11.0. The van der Waals surface area contributed by atoms with Gasteiger partial charge in [-0.15, -0.1) is 0 Å². The van der Waals surface area contributed by atoms with Gasteiger partial charge < -0.3 is 20.3 Å². The standard InChI is InChI=1S/C17H24FNO5/c1-10(20)11-6-5-7-12(14(11)18)15(22)13(21)8-9-19-16(23)24-17(2,3)4/h5-7,13,15,21-22H,8-9H2,1-4H3,(H,19,23). The molecule has 0 radical (unpaired) electrons. The van der Waals surface area contributed by atoms with E-state index in [4.69, 9.17) is 4.74 Å². The molecule has 2 unspecified atom stereocenters. The number of alkyl carbamates (subject to hydrolysis) is 1. The van der Waals surface area contributed by atoms with Gasteiger partial charge in [-0.25, -0.2) is 9.18 Å².